The van der Waals surface area contributed by atoms with Crippen molar-refractivity contribution in [3.63, 3.8) is 0 Å². The molecule has 1 aromatic heterocycles. The maximum Gasteiger partial charge on any atom is 0.267 e. The van der Waals surface area contributed by atoms with E-state index in [2.05, 4.69) is 10.4 Å². The quantitative estimate of drug-likeness (QED) is 0.929. The number of fused-ring (bicyclic) bond motifs is 1. The number of hydrogen-bond donors (Lipinski definition) is 1. The summed E-state index contributed by atoms with van der Waals surface area (Å²) in [7, 11) is 0. The van der Waals surface area contributed by atoms with Crippen LogP contribution in [0.25, 0.3) is 0 Å². The highest BCUT2D eigenvalue weighted by molar-refractivity contribution is 6.33. The molecule has 3 rings (SSSR count). The van der Waals surface area contributed by atoms with E-state index < -0.39 is 11.7 Å². The van der Waals surface area contributed by atoms with Crippen LogP contribution in [0, 0.1) is 5.82 Å². The average molecular weight is 336 g/mol. The Hall–Kier alpha value is -2.21. The minimum Gasteiger partial charge on any atom is -0.350 e. The van der Waals surface area contributed by atoms with Crippen LogP contribution in [0.15, 0.2) is 29.1 Å². The van der Waals surface area contributed by atoms with Crippen molar-refractivity contribution in [2.75, 3.05) is 6.54 Å². The van der Waals surface area contributed by atoms with Gasteiger partial charge in [0.25, 0.3) is 11.5 Å². The lowest BCUT2D eigenvalue weighted by Gasteiger charge is -2.09. The van der Waals surface area contributed by atoms with Gasteiger partial charge in [-0.25, -0.2) is 9.07 Å². The van der Waals surface area contributed by atoms with Crippen LogP contribution in [-0.2, 0) is 19.4 Å². The zero-order chi connectivity index (χ0) is 16.4. The first-order valence-corrected chi connectivity index (χ1v) is 7.75. The molecule has 0 unspecified atom stereocenters. The van der Waals surface area contributed by atoms with E-state index in [-0.39, 0.29) is 29.2 Å². The van der Waals surface area contributed by atoms with Gasteiger partial charge in [-0.3, -0.25) is 9.59 Å². The fourth-order valence-corrected chi connectivity index (χ4v) is 2.90. The Morgan fingerprint density at radius 2 is 2.17 bits per heavy atom. The van der Waals surface area contributed by atoms with E-state index in [0.717, 1.165) is 36.6 Å². The van der Waals surface area contributed by atoms with Crippen molar-refractivity contribution < 1.29 is 9.18 Å². The Bertz CT molecular complexity index is 819. The second-order valence-electron chi connectivity index (χ2n) is 5.41. The highest BCUT2D eigenvalue weighted by Gasteiger charge is 2.15. The van der Waals surface area contributed by atoms with Crippen LogP contribution in [0.3, 0.4) is 0 Å². The molecule has 0 saturated heterocycles. The predicted molar refractivity (Wildman–Crippen MR) is 84.3 cm³/mol. The fourth-order valence-electron chi connectivity index (χ4n) is 2.64. The van der Waals surface area contributed by atoms with Gasteiger partial charge < -0.3 is 5.32 Å². The van der Waals surface area contributed by atoms with Gasteiger partial charge in [0, 0.05) is 12.6 Å². The Morgan fingerprint density at radius 1 is 1.35 bits per heavy atom. The van der Waals surface area contributed by atoms with Crippen LogP contribution in [0.2, 0.25) is 5.02 Å². The zero-order valence-electron chi connectivity index (χ0n) is 12.3. The first-order chi connectivity index (χ1) is 11.0. The summed E-state index contributed by atoms with van der Waals surface area (Å²) in [6.07, 6.45) is 2.80. The van der Waals surface area contributed by atoms with Gasteiger partial charge in [-0.05, 0) is 43.0 Å². The van der Waals surface area contributed by atoms with Crippen LogP contribution in [0.1, 0.15) is 28.0 Å². The van der Waals surface area contributed by atoms with Crippen molar-refractivity contribution in [1.29, 1.82) is 0 Å². The number of carbonyl (C=O) groups excluding carboxylic acids is 1. The third kappa shape index (κ3) is 3.42. The standard InChI is InChI=1S/C16H15ClFN3O2/c17-13-9-11(18)4-5-12(13)16(23)19-6-7-21-15(22)8-10-2-1-3-14(10)20-21/h4-5,8-9H,1-3,6-7H2,(H,19,23). The minimum absolute atomic E-state index is 0.0512. The van der Waals surface area contributed by atoms with Crippen molar-refractivity contribution in [3.8, 4) is 0 Å². The van der Waals surface area contributed by atoms with Gasteiger partial charge in [0.05, 0.1) is 22.8 Å². The van der Waals surface area contributed by atoms with Gasteiger partial charge in [-0.2, -0.15) is 5.10 Å². The second kappa shape index (κ2) is 6.50. The summed E-state index contributed by atoms with van der Waals surface area (Å²) < 4.78 is 14.3. The summed E-state index contributed by atoms with van der Waals surface area (Å²) in [5.74, 6) is -0.912. The van der Waals surface area contributed by atoms with Crippen LogP contribution in [0.5, 0.6) is 0 Å². The maximum atomic E-state index is 13.0. The number of nitrogens with zero attached hydrogens (tertiary/aromatic N) is 2. The fraction of sp³-hybridized carbons (Fsp3) is 0.312. The topological polar surface area (TPSA) is 64.0 Å². The Labute approximate surface area is 137 Å². The van der Waals surface area contributed by atoms with Gasteiger partial charge >= 0.3 is 0 Å². The van der Waals surface area contributed by atoms with Crippen molar-refractivity contribution in [2.45, 2.75) is 25.8 Å². The van der Waals surface area contributed by atoms with Gasteiger partial charge in [0.1, 0.15) is 5.82 Å². The number of halogens is 2. The number of carbonyl (C=O) groups is 1. The van der Waals surface area contributed by atoms with Gasteiger partial charge in [0.15, 0.2) is 0 Å². The number of rotatable bonds is 4. The number of benzene rings is 1. The van der Waals surface area contributed by atoms with E-state index >= 15 is 0 Å². The molecule has 1 aliphatic rings. The number of aryl methyl sites for hydroxylation is 2. The highest BCUT2D eigenvalue weighted by atomic mass is 35.5. The van der Waals surface area contributed by atoms with Crippen LogP contribution in [0.4, 0.5) is 4.39 Å². The van der Waals surface area contributed by atoms with Gasteiger partial charge in [-0.15, -0.1) is 0 Å². The number of aromatic nitrogens is 2. The maximum absolute atomic E-state index is 13.0. The molecule has 1 aromatic carbocycles. The predicted octanol–water partition coefficient (Wildman–Crippen LogP) is 1.95. The van der Waals surface area contributed by atoms with Crippen molar-refractivity contribution in [1.82, 2.24) is 15.1 Å². The van der Waals surface area contributed by atoms with Gasteiger partial charge in [-0.1, -0.05) is 11.6 Å². The Balaban J connectivity index is 1.63. The molecule has 7 heteroatoms. The van der Waals surface area contributed by atoms with Gasteiger partial charge in [0.2, 0.25) is 0 Å². The van der Waals surface area contributed by atoms with E-state index in [4.69, 9.17) is 11.6 Å². The lowest BCUT2D eigenvalue weighted by Crippen LogP contribution is -2.32. The highest BCUT2D eigenvalue weighted by Crippen LogP contribution is 2.17. The van der Waals surface area contributed by atoms with Crippen molar-refractivity contribution in [2.24, 2.45) is 0 Å². The number of amides is 1. The molecule has 0 aliphatic heterocycles. The molecular formula is C16H15ClFN3O2. The summed E-state index contributed by atoms with van der Waals surface area (Å²) in [5.41, 5.74) is 2.01. The normalized spacial score (nSPS) is 13.0. The molecule has 0 saturated carbocycles. The lowest BCUT2D eigenvalue weighted by molar-refractivity contribution is 0.0952. The van der Waals surface area contributed by atoms with E-state index in [1.54, 1.807) is 6.07 Å². The third-order valence-corrected chi connectivity index (χ3v) is 4.12. The molecule has 0 bridgehead atoms. The van der Waals surface area contributed by atoms with Crippen molar-refractivity contribution >= 4 is 17.5 Å². The largest absolute Gasteiger partial charge is 0.350 e. The monoisotopic (exact) mass is 335 g/mol. The van der Waals surface area contributed by atoms with Crippen LogP contribution in [-0.4, -0.2) is 22.2 Å². The molecule has 23 heavy (non-hydrogen) atoms. The molecule has 5 nitrogen and oxygen atoms in total. The summed E-state index contributed by atoms with van der Waals surface area (Å²) in [6, 6.07) is 5.21. The van der Waals surface area contributed by atoms with E-state index in [0.29, 0.717) is 0 Å². The van der Waals surface area contributed by atoms with E-state index in [1.165, 1.54) is 16.8 Å². The molecule has 1 amide bonds. The third-order valence-electron chi connectivity index (χ3n) is 3.81. The SMILES string of the molecule is O=C(NCCn1nc2c(cc1=O)CCC2)c1ccc(F)cc1Cl. The summed E-state index contributed by atoms with van der Waals surface area (Å²) in [5, 5.41) is 7.04. The Morgan fingerprint density at radius 3 is 2.96 bits per heavy atom. The molecule has 2 aromatic rings. The lowest BCUT2D eigenvalue weighted by atomic mass is 10.2. The molecule has 0 fully saturated rings. The summed E-state index contributed by atoms with van der Waals surface area (Å²) in [6.45, 7) is 0.509. The van der Waals surface area contributed by atoms with Crippen LogP contribution >= 0.6 is 11.6 Å². The van der Waals surface area contributed by atoms with E-state index in [1.807, 2.05) is 0 Å². The zero-order valence-corrected chi connectivity index (χ0v) is 13.1. The summed E-state index contributed by atoms with van der Waals surface area (Å²) >= 11 is 5.84. The molecule has 0 atom stereocenters. The molecule has 1 aliphatic carbocycles. The van der Waals surface area contributed by atoms with E-state index in [9.17, 15) is 14.0 Å². The molecule has 0 radical (unpaired) electrons. The first-order valence-electron chi connectivity index (χ1n) is 7.38. The summed E-state index contributed by atoms with van der Waals surface area (Å²) in [4.78, 5) is 24.0. The minimum atomic E-state index is -0.500. The Kier molecular flexibility index (Phi) is 4.43. The number of hydrogen-bond acceptors (Lipinski definition) is 3. The van der Waals surface area contributed by atoms with Crippen LogP contribution < -0.4 is 10.9 Å². The van der Waals surface area contributed by atoms with Crippen molar-refractivity contribution in [3.05, 3.63) is 62.3 Å². The second-order valence-corrected chi connectivity index (χ2v) is 5.82. The molecule has 1 heterocycles. The smallest absolute Gasteiger partial charge is 0.267 e. The average Bonchev–Trinajstić information content (AvgIpc) is 2.94. The molecular weight excluding hydrogens is 321 g/mol. The molecule has 0 spiro atoms. The molecule has 1 N–H and O–H groups in total. The number of nitrogens with one attached hydrogen (secondary N) is 1. The first kappa shape index (κ1) is 15.7. The molecule has 120 valence electrons.